The molecule has 0 aliphatic rings. The van der Waals surface area contributed by atoms with Crippen LogP contribution < -0.4 is 15.4 Å². The first-order valence-electron chi connectivity index (χ1n) is 11.7. The molecule has 0 radical (unpaired) electrons. The van der Waals surface area contributed by atoms with Gasteiger partial charge in [-0.3, -0.25) is 0 Å². The van der Waals surface area contributed by atoms with Crippen molar-refractivity contribution in [3.05, 3.63) is 167 Å². The van der Waals surface area contributed by atoms with Crippen LogP contribution in [0.1, 0.15) is 34.6 Å². The molecule has 2 N–H and O–H groups in total. The number of nitrogens with one attached hydrogen (secondary N) is 2. The van der Waals surface area contributed by atoms with Crippen LogP contribution in [0.2, 0.25) is 0 Å². The lowest BCUT2D eigenvalue weighted by Gasteiger charge is -2.24. The first kappa shape index (κ1) is 22.2. The van der Waals surface area contributed by atoms with Gasteiger partial charge in [0, 0.05) is 23.5 Å². The van der Waals surface area contributed by atoms with Crippen molar-refractivity contribution >= 4 is 11.4 Å². The van der Waals surface area contributed by atoms with E-state index < -0.39 is 0 Å². The van der Waals surface area contributed by atoms with Crippen molar-refractivity contribution in [1.29, 1.82) is 0 Å². The molecule has 4 nitrogen and oxygen atoms in total. The molecule has 35 heavy (non-hydrogen) atoms. The van der Waals surface area contributed by atoms with Gasteiger partial charge in [0.2, 0.25) is 11.4 Å². The quantitative estimate of drug-likeness (QED) is 0.201. The molecule has 4 heteroatoms. The maximum Gasteiger partial charge on any atom is 0.220 e. The molecule has 2 atom stereocenters. The van der Waals surface area contributed by atoms with E-state index in [0.717, 1.165) is 27.2 Å². The maximum absolute atomic E-state index is 14.0. The Balaban J connectivity index is 1.60. The molecule has 0 aliphatic carbocycles. The van der Waals surface area contributed by atoms with Gasteiger partial charge in [-0.2, -0.15) is 4.73 Å². The van der Waals surface area contributed by atoms with Crippen LogP contribution in [0.3, 0.4) is 0 Å². The molecule has 0 amide bonds. The van der Waals surface area contributed by atoms with E-state index in [2.05, 4.69) is 10.6 Å². The van der Waals surface area contributed by atoms with Gasteiger partial charge in [0.05, 0.1) is 0 Å². The van der Waals surface area contributed by atoms with Crippen LogP contribution in [-0.4, -0.2) is 0 Å². The molecule has 5 aromatic rings. The van der Waals surface area contributed by atoms with E-state index in [1.807, 2.05) is 140 Å². The highest BCUT2D eigenvalue weighted by molar-refractivity contribution is 5.49. The molecule has 0 spiro atoms. The summed E-state index contributed by atoms with van der Waals surface area (Å²) in [6.07, 6.45) is 0. The summed E-state index contributed by atoms with van der Waals surface area (Å²) in [4.78, 5) is 0. The third-order valence-electron chi connectivity index (χ3n) is 6.03. The van der Waals surface area contributed by atoms with E-state index in [-0.39, 0.29) is 12.1 Å². The van der Waals surface area contributed by atoms with Gasteiger partial charge in [-0.1, -0.05) is 97.1 Å². The van der Waals surface area contributed by atoms with Crippen LogP contribution in [0.4, 0.5) is 11.4 Å². The van der Waals surface area contributed by atoms with E-state index in [1.54, 1.807) is 0 Å². The largest absolute Gasteiger partial charge is 0.618 e. The maximum atomic E-state index is 14.0. The Hall–Kier alpha value is -4.57. The Morgan fingerprint density at radius 1 is 0.429 bits per heavy atom. The van der Waals surface area contributed by atoms with E-state index >= 15 is 0 Å². The normalized spacial score (nSPS) is 12.5. The Labute approximate surface area is 206 Å². The minimum absolute atomic E-state index is 0.316. The standard InChI is InChI=1S/C31H27N3O/c35-34-28(30(24-14-5-1-6-15-24)32-26-18-9-3-10-19-26)22-13-23-29(34)31(25-16-7-2-8-17-25)33-27-20-11-4-12-21-27/h1-23,30-33H. The summed E-state index contributed by atoms with van der Waals surface area (Å²) < 4.78 is 1.07. The van der Waals surface area contributed by atoms with Crippen molar-refractivity contribution in [3.63, 3.8) is 0 Å². The highest BCUT2D eigenvalue weighted by atomic mass is 16.5. The summed E-state index contributed by atoms with van der Waals surface area (Å²) in [6.45, 7) is 0. The lowest BCUT2D eigenvalue weighted by atomic mass is 9.99. The molecule has 0 saturated heterocycles. The highest BCUT2D eigenvalue weighted by Crippen LogP contribution is 2.28. The molecule has 5 rings (SSSR count). The van der Waals surface area contributed by atoms with E-state index in [4.69, 9.17) is 0 Å². The second kappa shape index (κ2) is 10.6. The predicted molar refractivity (Wildman–Crippen MR) is 142 cm³/mol. The summed E-state index contributed by atoms with van der Waals surface area (Å²) in [7, 11) is 0. The molecule has 0 aliphatic heterocycles. The van der Waals surface area contributed by atoms with Crippen LogP contribution in [0.15, 0.2) is 140 Å². The highest BCUT2D eigenvalue weighted by Gasteiger charge is 2.28. The molecular weight excluding hydrogens is 430 g/mol. The number of aromatic nitrogens is 1. The number of nitrogens with zero attached hydrogens (tertiary/aromatic N) is 1. The fraction of sp³-hybridized carbons (Fsp3) is 0.0645. The monoisotopic (exact) mass is 457 g/mol. The Morgan fingerprint density at radius 2 is 0.771 bits per heavy atom. The Kier molecular flexibility index (Phi) is 6.72. The minimum Gasteiger partial charge on any atom is -0.618 e. The second-order valence-electron chi connectivity index (χ2n) is 8.38. The summed E-state index contributed by atoms with van der Waals surface area (Å²) in [5.74, 6) is 0. The number of hydrogen-bond acceptors (Lipinski definition) is 3. The first-order chi connectivity index (χ1) is 17.3. The Bertz CT molecular complexity index is 1240. The van der Waals surface area contributed by atoms with E-state index in [0.29, 0.717) is 11.4 Å². The third kappa shape index (κ3) is 5.17. The van der Waals surface area contributed by atoms with Crippen molar-refractivity contribution in [2.75, 3.05) is 10.6 Å². The molecule has 1 aromatic heterocycles. The first-order valence-corrected chi connectivity index (χ1v) is 11.7. The zero-order valence-electron chi connectivity index (χ0n) is 19.3. The number of rotatable bonds is 8. The van der Waals surface area contributed by atoms with Crippen molar-refractivity contribution < 1.29 is 4.73 Å². The number of pyridine rings is 1. The molecule has 0 saturated carbocycles. The molecule has 4 aromatic carbocycles. The SMILES string of the molecule is [O-][n+]1c(C(Nc2ccccc2)c2ccccc2)cccc1C(Nc1ccccc1)c1ccccc1. The summed E-state index contributed by atoms with van der Waals surface area (Å²) in [5.41, 5.74) is 5.21. The average molecular weight is 458 g/mol. The molecular formula is C31H27N3O. The van der Waals surface area contributed by atoms with Crippen LogP contribution in [-0.2, 0) is 0 Å². The zero-order valence-corrected chi connectivity index (χ0v) is 19.3. The van der Waals surface area contributed by atoms with Gasteiger partial charge < -0.3 is 15.8 Å². The average Bonchev–Trinajstić information content (AvgIpc) is 2.93. The van der Waals surface area contributed by atoms with Crippen LogP contribution in [0.5, 0.6) is 0 Å². The van der Waals surface area contributed by atoms with Crippen LogP contribution in [0.25, 0.3) is 0 Å². The number of benzene rings is 4. The van der Waals surface area contributed by atoms with Crippen molar-refractivity contribution in [2.45, 2.75) is 12.1 Å². The molecule has 172 valence electrons. The zero-order chi connectivity index (χ0) is 23.9. The summed E-state index contributed by atoms with van der Waals surface area (Å²) in [5, 5.41) is 21.1. The van der Waals surface area contributed by atoms with Gasteiger partial charge in [-0.25, -0.2) is 0 Å². The fourth-order valence-corrected chi connectivity index (χ4v) is 4.31. The topological polar surface area (TPSA) is 51.0 Å². The number of anilines is 2. The van der Waals surface area contributed by atoms with Gasteiger partial charge in [0.25, 0.3) is 0 Å². The van der Waals surface area contributed by atoms with Gasteiger partial charge in [-0.05, 0) is 41.5 Å². The molecule has 2 unspecified atom stereocenters. The fourth-order valence-electron chi connectivity index (χ4n) is 4.31. The summed E-state index contributed by atoms with van der Waals surface area (Å²) in [6, 6.07) is 45.2. The van der Waals surface area contributed by atoms with Gasteiger partial charge in [0.1, 0.15) is 12.1 Å². The number of para-hydroxylation sites is 2. The molecule has 1 heterocycles. The second-order valence-corrected chi connectivity index (χ2v) is 8.38. The molecule has 0 bridgehead atoms. The lowest BCUT2D eigenvalue weighted by Crippen LogP contribution is -2.42. The van der Waals surface area contributed by atoms with Crippen molar-refractivity contribution in [3.8, 4) is 0 Å². The van der Waals surface area contributed by atoms with Crippen LogP contribution >= 0.6 is 0 Å². The van der Waals surface area contributed by atoms with Gasteiger partial charge in [0.15, 0.2) is 0 Å². The van der Waals surface area contributed by atoms with Gasteiger partial charge >= 0.3 is 0 Å². The lowest BCUT2D eigenvalue weighted by molar-refractivity contribution is -0.623. The van der Waals surface area contributed by atoms with E-state index in [1.165, 1.54) is 0 Å². The third-order valence-corrected chi connectivity index (χ3v) is 6.03. The smallest absolute Gasteiger partial charge is 0.220 e. The summed E-state index contributed by atoms with van der Waals surface area (Å²) >= 11 is 0. The van der Waals surface area contributed by atoms with Crippen molar-refractivity contribution in [2.24, 2.45) is 0 Å². The van der Waals surface area contributed by atoms with Crippen molar-refractivity contribution in [1.82, 2.24) is 0 Å². The Morgan fingerprint density at radius 3 is 1.14 bits per heavy atom. The van der Waals surface area contributed by atoms with Crippen LogP contribution in [0, 0.1) is 5.21 Å². The minimum atomic E-state index is -0.316. The van der Waals surface area contributed by atoms with Gasteiger partial charge in [-0.15, -0.1) is 0 Å². The van der Waals surface area contributed by atoms with E-state index in [9.17, 15) is 5.21 Å². The predicted octanol–water partition coefficient (Wildman–Crippen LogP) is 6.72. The number of hydrogen-bond donors (Lipinski definition) is 2. The molecule has 0 fully saturated rings.